The molecule has 4 heteroatoms. The average Bonchev–Trinajstić information content (AvgIpc) is 2.44. The van der Waals surface area contributed by atoms with Crippen LogP contribution in [-0.4, -0.2) is 22.3 Å². The van der Waals surface area contributed by atoms with E-state index in [-0.39, 0.29) is 5.91 Å². The molecular weight excluding hydrogens is 238 g/mol. The molecule has 0 aliphatic carbocycles. The number of nitrogen functional groups attached to an aromatic ring is 1. The molecule has 1 aliphatic heterocycles. The highest BCUT2D eigenvalue weighted by Crippen LogP contribution is 2.21. The fourth-order valence-corrected chi connectivity index (χ4v) is 2.42. The Morgan fingerprint density at radius 2 is 2.05 bits per heavy atom. The van der Waals surface area contributed by atoms with Gasteiger partial charge in [0.15, 0.2) is 0 Å². The molecule has 1 aromatic heterocycles. The summed E-state index contributed by atoms with van der Waals surface area (Å²) in [6, 6.07) is 11.5. The largest absolute Gasteiger partial charge is 0.383 e. The van der Waals surface area contributed by atoms with Crippen molar-refractivity contribution in [1.82, 2.24) is 9.88 Å². The Balaban J connectivity index is 1.85. The summed E-state index contributed by atoms with van der Waals surface area (Å²) in [5.74, 6) is 0.569. The number of nitrogens with zero attached hydrogens (tertiary/aromatic N) is 2. The second kappa shape index (κ2) is 4.72. The van der Waals surface area contributed by atoms with Crippen LogP contribution in [-0.2, 0) is 13.0 Å². The van der Waals surface area contributed by atoms with Gasteiger partial charge in [-0.15, -0.1) is 0 Å². The summed E-state index contributed by atoms with van der Waals surface area (Å²) >= 11 is 0. The molecule has 1 aromatic carbocycles. The van der Waals surface area contributed by atoms with Crippen LogP contribution in [0.5, 0.6) is 0 Å². The Morgan fingerprint density at radius 1 is 1.21 bits per heavy atom. The molecule has 0 saturated carbocycles. The van der Waals surface area contributed by atoms with Crippen LogP contribution >= 0.6 is 0 Å². The van der Waals surface area contributed by atoms with Crippen molar-refractivity contribution in [2.75, 3.05) is 12.3 Å². The van der Waals surface area contributed by atoms with Crippen LogP contribution in [0, 0.1) is 0 Å². The van der Waals surface area contributed by atoms with Gasteiger partial charge < -0.3 is 10.6 Å². The SMILES string of the molecule is Nc1ncccc1CN1CCc2ccccc2C1=O. The predicted octanol–water partition coefficient (Wildman–Crippen LogP) is 1.86. The maximum atomic E-state index is 12.4. The summed E-state index contributed by atoms with van der Waals surface area (Å²) in [5, 5.41) is 0. The van der Waals surface area contributed by atoms with Gasteiger partial charge in [-0.05, 0) is 24.1 Å². The van der Waals surface area contributed by atoms with E-state index < -0.39 is 0 Å². The summed E-state index contributed by atoms with van der Waals surface area (Å²) < 4.78 is 0. The molecular formula is C15H15N3O. The molecule has 2 aromatic rings. The Labute approximate surface area is 111 Å². The lowest BCUT2D eigenvalue weighted by Gasteiger charge is -2.28. The van der Waals surface area contributed by atoms with Crippen LogP contribution in [0.4, 0.5) is 5.82 Å². The molecule has 4 nitrogen and oxygen atoms in total. The van der Waals surface area contributed by atoms with E-state index in [2.05, 4.69) is 4.98 Å². The van der Waals surface area contributed by atoms with Crippen molar-refractivity contribution in [2.45, 2.75) is 13.0 Å². The number of carbonyl (C=O) groups excluding carboxylic acids is 1. The number of amides is 1. The molecule has 19 heavy (non-hydrogen) atoms. The molecule has 3 rings (SSSR count). The predicted molar refractivity (Wildman–Crippen MR) is 73.5 cm³/mol. The molecule has 1 aliphatic rings. The van der Waals surface area contributed by atoms with E-state index in [4.69, 9.17) is 5.73 Å². The van der Waals surface area contributed by atoms with Gasteiger partial charge in [-0.1, -0.05) is 24.3 Å². The summed E-state index contributed by atoms with van der Waals surface area (Å²) in [6.07, 6.45) is 2.55. The van der Waals surface area contributed by atoms with E-state index in [9.17, 15) is 4.79 Å². The van der Waals surface area contributed by atoms with Crippen LogP contribution in [0.1, 0.15) is 21.5 Å². The number of fused-ring (bicyclic) bond motifs is 1. The van der Waals surface area contributed by atoms with E-state index in [0.29, 0.717) is 12.4 Å². The quantitative estimate of drug-likeness (QED) is 0.888. The maximum absolute atomic E-state index is 12.4. The van der Waals surface area contributed by atoms with Crippen molar-refractivity contribution >= 4 is 11.7 Å². The smallest absolute Gasteiger partial charge is 0.254 e. The van der Waals surface area contributed by atoms with Crippen molar-refractivity contribution in [1.29, 1.82) is 0 Å². The van der Waals surface area contributed by atoms with Gasteiger partial charge in [-0.3, -0.25) is 4.79 Å². The van der Waals surface area contributed by atoms with Gasteiger partial charge in [0, 0.05) is 30.4 Å². The topological polar surface area (TPSA) is 59.2 Å². The number of benzene rings is 1. The van der Waals surface area contributed by atoms with Crippen molar-refractivity contribution in [3.8, 4) is 0 Å². The van der Waals surface area contributed by atoms with Crippen molar-refractivity contribution in [3.63, 3.8) is 0 Å². The molecule has 96 valence electrons. The molecule has 0 atom stereocenters. The fraction of sp³-hybridized carbons (Fsp3) is 0.200. The number of rotatable bonds is 2. The van der Waals surface area contributed by atoms with Crippen molar-refractivity contribution < 1.29 is 4.79 Å². The van der Waals surface area contributed by atoms with Crippen LogP contribution in [0.15, 0.2) is 42.6 Å². The second-order valence-electron chi connectivity index (χ2n) is 4.68. The molecule has 0 saturated heterocycles. The van der Waals surface area contributed by atoms with Gasteiger partial charge in [0.1, 0.15) is 5.82 Å². The first-order chi connectivity index (χ1) is 9.25. The average molecular weight is 253 g/mol. The Kier molecular flexibility index (Phi) is 2.91. The number of hydrogen-bond donors (Lipinski definition) is 1. The third-order valence-corrected chi connectivity index (χ3v) is 3.47. The Morgan fingerprint density at radius 3 is 2.89 bits per heavy atom. The van der Waals surface area contributed by atoms with Gasteiger partial charge in [-0.2, -0.15) is 0 Å². The normalized spacial score (nSPS) is 14.3. The molecule has 0 unspecified atom stereocenters. The number of carbonyl (C=O) groups is 1. The second-order valence-corrected chi connectivity index (χ2v) is 4.68. The van der Waals surface area contributed by atoms with E-state index in [1.807, 2.05) is 41.3 Å². The highest BCUT2D eigenvalue weighted by molar-refractivity contribution is 5.96. The summed E-state index contributed by atoms with van der Waals surface area (Å²) in [4.78, 5) is 18.3. The molecule has 0 radical (unpaired) electrons. The Hall–Kier alpha value is -2.36. The molecule has 2 heterocycles. The lowest BCUT2D eigenvalue weighted by atomic mass is 9.99. The molecule has 0 spiro atoms. The molecule has 0 bridgehead atoms. The zero-order valence-electron chi connectivity index (χ0n) is 10.5. The number of hydrogen-bond acceptors (Lipinski definition) is 3. The maximum Gasteiger partial charge on any atom is 0.254 e. The molecule has 2 N–H and O–H groups in total. The van der Waals surface area contributed by atoms with E-state index in [1.54, 1.807) is 6.20 Å². The van der Waals surface area contributed by atoms with Crippen LogP contribution in [0.3, 0.4) is 0 Å². The van der Waals surface area contributed by atoms with Crippen molar-refractivity contribution in [2.24, 2.45) is 0 Å². The van der Waals surface area contributed by atoms with Gasteiger partial charge in [0.25, 0.3) is 5.91 Å². The molecule has 0 fully saturated rings. The lowest BCUT2D eigenvalue weighted by Crippen LogP contribution is -2.37. The zero-order valence-corrected chi connectivity index (χ0v) is 10.5. The van der Waals surface area contributed by atoms with Crippen LogP contribution in [0.25, 0.3) is 0 Å². The number of anilines is 1. The summed E-state index contributed by atoms with van der Waals surface area (Å²) in [5.41, 5.74) is 8.66. The van der Waals surface area contributed by atoms with Gasteiger partial charge >= 0.3 is 0 Å². The van der Waals surface area contributed by atoms with Gasteiger partial charge in [-0.25, -0.2) is 4.98 Å². The highest BCUT2D eigenvalue weighted by atomic mass is 16.2. The summed E-state index contributed by atoms with van der Waals surface area (Å²) in [7, 11) is 0. The first-order valence-corrected chi connectivity index (χ1v) is 6.32. The third kappa shape index (κ3) is 2.17. The molecule has 1 amide bonds. The minimum Gasteiger partial charge on any atom is -0.383 e. The number of pyridine rings is 1. The van der Waals surface area contributed by atoms with Crippen LogP contribution in [0.2, 0.25) is 0 Å². The highest BCUT2D eigenvalue weighted by Gasteiger charge is 2.24. The summed E-state index contributed by atoms with van der Waals surface area (Å²) in [6.45, 7) is 1.25. The minimum atomic E-state index is 0.0742. The van der Waals surface area contributed by atoms with E-state index in [0.717, 1.165) is 29.7 Å². The third-order valence-electron chi connectivity index (χ3n) is 3.47. The first kappa shape index (κ1) is 11.7. The van der Waals surface area contributed by atoms with Crippen molar-refractivity contribution in [3.05, 3.63) is 59.3 Å². The fourth-order valence-electron chi connectivity index (χ4n) is 2.42. The Bertz CT molecular complexity index is 624. The van der Waals surface area contributed by atoms with Crippen LogP contribution < -0.4 is 5.73 Å². The first-order valence-electron chi connectivity index (χ1n) is 6.32. The standard InChI is InChI=1S/C15H15N3O/c16-14-12(5-3-8-17-14)10-18-9-7-11-4-1-2-6-13(11)15(18)19/h1-6,8H,7,9-10H2,(H2,16,17). The lowest BCUT2D eigenvalue weighted by molar-refractivity contribution is 0.0727. The number of aromatic nitrogens is 1. The van der Waals surface area contributed by atoms with E-state index in [1.165, 1.54) is 0 Å². The van der Waals surface area contributed by atoms with Gasteiger partial charge in [0.05, 0.1) is 0 Å². The minimum absolute atomic E-state index is 0.0742. The number of nitrogens with two attached hydrogens (primary N) is 1. The van der Waals surface area contributed by atoms with E-state index >= 15 is 0 Å². The monoisotopic (exact) mass is 253 g/mol. The zero-order chi connectivity index (χ0) is 13.2. The van der Waals surface area contributed by atoms with Gasteiger partial charge in [0.2, 0.25) is 0 Å².